The van der Waals surface area contributed by atoms with E-state index >= 15 is 0 Å². The monoisotopic (exact) mass is 514 g/mol. The van der Waals surface area contributed by atoms with E-state index in [0.717, 1.165) is 41.4 Å². The maximum Gasteiger partial charge on any atom is 0.166 e. The van der Waals surface area contributed by atoms with Gasteiger partial charge >= 0.3 is 0 Å². The highest BCUT2D eigenvalue weighted by Crippen LogP contribution is 2.44. The van der Waals surface area contributed by atoms with Crippen LogP contribution in [0.3, 0.4) is 0 Å². The van der Waals surface area contributed by atoms with Gasteiger partial charge in [-0.25, -0.2) is 4.98 Å². The second-order valence-electron chi connectivity index (χ2n) is 11.7. The first kappa shape index (κ1) is 25.4. The van der Waals surface area contributed by atoms with E-state index in [9.17, 15) is 0 Å². The van der Waals surface area contributed by atoms with Crippen LogP contribution in [0.4, 0.5) is 5.82 Å². The molecule has 3 aromatic carbocycles. The number of nitrogens with one attached hydrogen (secondary N) is 1. The van der Waals surface area contributed by atoms with Gasteiger partial charge in [0, 0.05) is 23.2 Å². The molecule has 0 spiro atoms. The lowest BCUT2D eigenvalue weighted by molar-refractivity contribution is 0.947. The minimum absolute atomic E-state index is 0.892. The molecule has 3 heterocycles. The molecule has 1 aliphatic rings. The zero-order valence-corrected chi connectivity index (χ0v) is 24.7. The molecule has 4 nitrogen and oxygen atoms in total. The summed E-state index contributed by atoms with van der Waals surface area (Å²) in [4.78, 5) is 5.53. The van der Waals surface area contributed by atoms with Gasteiger partial charge in [-0.05, 0) is 108 Å². The fraction of sp³-hybridized carbons (Fsp3) is 0.314. The Morgan fingerprint density at radius 2 is 1.00 bits per heavy atom. The summed E-state index contributed by atoms with van der Waals surface area (Å²) >= 11 is 0. The number of hydrogen-bond donors (Lipinski definition) is 1. The zero-order valence-electron chi connectivity index (χ0n) is 24.7. The Hall–Kier alpha value is -3.92. The van der Waals surface area contributed by atoms with Crippen LogP contribution in [0, 0.1) is 62.3 Å². The van der Waals surface area contributed by atoms with E-state index in [4.69, 9.17) is 10.1 Å². The van der Waals surface area contributed by atoms with Crippen molar-refractivity contribution in [2.45, 2.75) is 68.7 Å². The van der Waals surface area contributed by atoms with E-state index in [1.165, 1.54) is 72.3 Å². The minimum atomic E-state index is 0.892. The van der Waals surface area contributed by atoms with E-state index in [2.05, 4.69) is 109 Å². The van der Waals surface area contributed by atoms with E-state index in [1.807, 2.05) is 0 Å². The van der Waals surface area contributed by atoms with Crippen LogP contribution in [-0.2, 0) is 6.42 Å². The molecule has 2 aromatic heterocycles. The molecular formula is C35H38N4. The summed E-state index contributed by atoms with van der Waals surface area (Å²) in [5.74, 6) is 1.08. The first-order chi connectivity index (χ1) is 18.5. The van der Waals surface area contributed by atoms with Crippen molar-refractivity contribution in [2.24, 2.45) is 0 Å². The Bertz CT molecular complexity index is 1750. The summed E-state index contributed by atoms with van der Waals surface area (Å²) in [6.45, 7) is 20.7. The summed E-state index contributed by atoms with van der Waals surface area (Å²) in [7, 11) is 0. The number of aryl methyl sites for hydroxylation is 9. The van der Waals surface area contributed by atoms with Gasteiger partial charge in [-0.15, -0.1) is 0 Å². The molecule has 198 valence electrons. The summed E-state index contributed by atoms with van der Waals surface area (Å²) < 4.78 is 2.09. The molecule has 1 aliphatic heterocycles. The Kier molecular flexibility index (Phi) is 5.91. The molecule has 0 unspecified atom stereocenters. The van der Waals surface area contributed by atoms with Crippen LogP contribution in [-0.4, -0.2) is 21.1 Å². The first-order valence-corrected chi connectivity index (χ1v) is 14.0. The lowest BCUT2D eigenvalue weighted by atomic mass is 9.89. The number of benzene rings is 3. The van der Waals surface area contributed by atoms with E-state index < -0.39 is 0 Å². The highest BCUT2D eigenvalue weighted by molar-refractivity contribution is 5.96. The van der Waals surface area contributed by atoms with Crippen LogP contribution in [0.15, 0.2) is 36.4 Å². The molecule has 4 heteroatoms. The van der Waals surface area contributed by atoms with Gasteiger partial charge < -0.3 is 5.32 Å². The van der Waals surface area contributed by atoms with Crippen LogP contribution in [0.1, 0.15) is 55.6 Å². The summed E-state index contributed by atoms with van der Waals surface area (Å²) in [6.07, 6.45) is 0.941. The largest absolute Gasteiger partial charge is 0.369 e. The number of fused-ring (bicyclic) bond motifs is 3. The van der Waals surface area contributed by atoms with Crippen LogP contribution in [0.25, 0.3) is 39.3 Å². The van der Waals surface area contributed by atoms with Crippen LogP contribution in [0.5, 0.6) is 0 Å². The second kappa shape index (κ2) is 9.08. The molecule has 39 heavy (non-hydrogen) atoms. The van der Waals surface area contributed by atoms with Crippen molar-refractivity contribution >= 4 is 11.5 Å². The third-order valence-corrected chi connectivity index (χ3v) is 8.28. The van der Waals surface area contributed by atoms with E-state index in [0.29, 0.717) is 0 Å². The first-order valence-electron chi connectivity index (χ1n) is 14.0. The van der Waals surface area contributed by atoms with Crippen molar-refractivity contribution in [3.63, 3.8) is 0 Å². The van der Waals surface area contributed by atoms with Crippen molar-refractivity contribution < 1.29 is 0 Å². The molecule has 0 radical (unpaired) electrons. The molecule has 0 fully saturated rings. The van der Waals surface area contributed by atoms with Gasteiger partial charge in [0.05, 0.1) is 11.3 Å². The van der Waals surface area contributed by atoms with E-state index in [1.54, 1.807) is 0 Å². The van der Waals surface area contributed by atoms with Gasteiger partial charge in [0.25, 0.3) is 0 Å². The number of nitrogens with zero attached hydrogens (tertiary/aromatic N) is 3. The standard InChI is InChI=1S/C35H38N4/c1-18-12-21(4)28(22(5)13-18)31-33(30-25(8)16-20(3)17-26(30)9)38-39-34-27(10-11-36-34)32(37-35(31)39)29-23(6)14-19(2)15-24(29)7/h12-17,36H,10-11H2,1-9H3. The Morgan fingerprint density at radius 3 is 1.49 bits per heavy atom. The number of aromatic nitrogens is 3. The molecular weight excluding hydrogens is 476 g/mol. The number of rotatable bonds is 3. The Labute approximate surface area is 232 Å². The highest BCUT2D eigenvalue weighted by Gasteiger charge is 2.29. The maximum absolute atomic E-state index is 5.53. The predicted octanol–water partition coefficient (Wildman–Crippen LogP) is 8.47. The molecule has 1 N–H and O–H groups in total. The van der Waals surface area contributed by atoms with Gasteiger partial charge in [0.15, 0.2) is 5.65 Å². The normalized spacial score (nSPS) is 12.7. The lowest BCUT2D eigenvalue weighted by Crippen LogP contribution is -2.04. The molecule has 0 saturated carbocycles. The summed E-state index contributed by atoms with van der Waals surface area (Å²) in [5.41, 5.74) is 20.5. The lowest BCUT2D eigenvalue weighted by Gasteiger charge is -2.17. The van der Waals surface area contributed by atoms with Gasteiger partial charge in [0.2, 0.25) is 0 Å². The second-order valence-corrected chi connectivity index (χ2v) is 11.7. The molecule has 0 saturated heterocycles. The molecule has 0 amide bonds. The van der Waals surface area contributed by atoms with Crippen LogP contribution < -0.4 is 5.32 Å². The molecule has 0 atom stereocenters. The van der Waals surface area contributed by atoms with Crippen molar-refractivity contribution in [1.29, 1.82) is 0 Å². The van der Waals surface area contributed by atoms with Gasteiger partial charge in [-0.3, -0.25) is 0 Å². The van der Waals surface area contributed by atoms with Crippen LogP contribution >= 0.6 is 0 Å². The van der Waals surface area contributed by atoms with Crippen LogP contribution in [0.2, 0.25) is 0 Å². The average molecular weight is 515 g/mol. The Balaban J connectivity index is 1.80. The minimum Gasteiger partial charge on any atom is -0.369 e. The number of hydrogen-bond acceptors (Lipinski definition) is 3. The molecule has 5 aromatic rings. The smallest absolute Gasteiger partial charge is 0.166 e. The van der Waals surface area contributed by atoms with Crippen molar-refractivity contribution in [3.05, 3.63) is 92.0 Å². The average Bonchev–Trinajstić information content (AvgIpc) is 3.43. The van der Waals surface area contributed by atoms with Gasteiger partial charge in [0.1, 0.15) is 11.5 Å². The molecule has 6 rings (SSSR count). The number of anilines is 1. The Morgan fingerprint density at radius 1 is 0.564 bits per heavy atom. The molecule has 0 bridgehead atoms. The third-order valence-electron chi connectivity index (χ3n) is 8.28. The zero-order chi connectivity index (χ0) is 27.7. The molecule has 0 aliphatic carbocycles. The fourth-order valence-corrected chi connectivity index (χ4v) is 7.10. The van der Waals surface area contributed by atoms with Gasteiger partial charge in [-0.2, -0.15) is 9.61 Å². The van der Waals surface area contributed by atoms with Crippen molar-refractivity contribution in [2.75, 3.05) is 11.9 Å². The topological polar surface area (TPSA) is 42.2 Å². The quantitative estimate of drug-likeness (QED) is 0.262. The SMILES string of the molecule is Cc1cc(C)c(-c2nc3c(-c4c(C)cc(C)cc4C)c(-c4c(C)cc(C)cc4C)nn3c3c2CCN3)c(C)c1. The van der Waals surface area contributed by atoms with Crippen molar-refractivity contribution in [1.82, 2.24) is 14.6 Å². The predicted molar refractivity (Wildman–Crippen MR) is 164 cm³/mol. The fourth-order valence-electron chi connectivity index (χ4n) is 7.10. The van der Waals surface area contributed by atoms with Gasteiger partial charge in [-0.1, -0.05) is 53.1 Å². The highest BCUT2D eigenvalue weighted by atomic mass is 15.3. The van der Waals surface area contributed by atoms with E-state index in [-0.39, 0.29) is 0 Å². The third kappa shape index (κ3) is 3.96. The summed E-state index contributed by atoms with van der Waals surface area (Å²) in [6, 6.07) is 13.7. The maximum atomic E-state index is 5.53. The summed E-state index contributed by atoms with van der Waals surface area (Å²) in [5, 5.41) is 9.06. The van der Waals surface area contributed by atoms with Crippen molar-refractivity contribution in [3.8, 4) is 33.6 Å².